The van der Waals surface area contributed by atoms with E-state index < -0.39 is 21.3 Å². The second kappa shape index (κ2) is 22.6. The fourth-order valence-electron chi connectivity index (χ4n) is 8.81. The molecule has 396 valence electrons. The molecule has 6 aromatic carbocycles. The van der Waals surface area contributed by atoms with Crippen LogP contribution in [0.1, 0.15) is 77.6 Å². The third kappa shape index (κ3) is 12.7. The van der Waals surface area contributed by atoms with E-state index in [1.807, 2.05) is 76.0 Å². The van der Waals surface area contributed by atoms with E-state index in [-0.39, 0.29) is 36.0 Å². The number of nitrogens with one attached hydrogen (secondary N) is 4. The van der Waals surface area contributed by atoms with Crippen molar-refractivity contribution in [1.82, 2.24) is 19.6 Å². The first-order chi connectivity index (χ1) is 34.6. The Bertz CT molecular complexity index is 2600. The van der Waals surface area contributed by atoms with Gasteiger partial charge in [-0.3, -0.25) is 42.5 Å². The van der Waals surface area contributed by atoms with Gasteiger partial charge in [-0.05, 0) is 176 Å². The number of ether oxygens (including phenoxy) is 1. The zero-order valence-electron chi connectivity index (χ0n) is 46.8. The molecule has 15 heteroatoms. The Balaban J connectivity index is 1.56. The second-order valence-corrected chi connectivity index (χ2v) is 27.4. The van der Waals surface area contributed by atoms with Crippen LogP contribution in [0, 0.1) is 0 Å². The van der Waals surface area contributed by atoms with Crippen molar-refractivity contribution < 1.29 is 4.74 Å². The summed E-state index contributed by atoms with van der Waals surface area (Å²) in [5.41, 5.74) is 34.1. The summed E-state index contributed by atoms with van der Waals surface area (Å²) in [5, 5.41) is 21.0. The highest BCUT2D eigenvalue weighted by atomic mass is 31.1. The van der Waals surface area contributed by atoms with Gasteiger partial charge in [0.25, 0.3) is 0 Å². The van der Waals surface area contributed by atoms with Gasteiger partial charge in [-0.15, -0.1) is 0 Å². The summed E-state index contributed by atoms with van der Waals surface area (Å²) in [5.74, 6) is 1.76. The van der Waals surface area contributed by atoms with E-state index in [1.165, 1.54) is 11.1 Å². The molecule has 0 aliphatic carbocycles. The molecular formula is C59H84N12OP2. The quantitative estimate of drug-likeness (QED) is 0.0324. The molecule has 1 heterocycles. The number of nitrogens with zero attached hydrogens (tertiary/aromatic N) is 4. The van der Waals surface area contributed by atoms with Gasteiger partial charge in [0.15, 0.2) is 0 Å². The van der Waals surface area contributed by atoms with Crippen molar-refractivity contribution in [2.45, 2.75) is 96.8 Å². The van der Waals surface area contributed by atoms with Crippen LogP contribution in [0.5, 0.6) is 11.5 Å². The number of nitrogens with two attached hydrogens (primary N) is 4. The second-order valence-electron chi connectivity index (χ2n) is 23.1. The van der Waals surface area contributed by atoms with Crippen LogP contribution in [0.4, 0.5) is 22.7 Å². The van der Waals surface area contributed by atoms with Gasteiger partial charge < -0.3 is 26.0 Å². The summed E-state index contributed by atoms with van der Waals surface area (Å²) in [6.45, 7) is 18.6. The summed E-state index contributed by atoms with van der Waals surface area (Å²) < 4.78 is 7.93. The van der Waals surface area contributed by atoms with Crippen LogP contribution in [0.25, 0.3) is 0 Å². The minimum absolute atomic E-state index is 0.194. The maximum absolute atomic E-state index is 7.93. The maximum atomic E-state index is 7.93. The summed E-state index contributed by atoms with van der Waals surface area (Å²) in [7, 11) is 13.2. The minimum Gasteiger partial charge on any atom is -0.455 e. The number of benzene rings is 6. The van der Waals surface area contributed by atoms with Crippen molar-refractivity contribution in [3.8, 4) is 11.5 Å². The topological polar surface area (TPSA) is 174 Å². The lowest BCUT2D eigenvalue weighted by Gasteiger charge is -2.41. The van der Waals surface area contributed by atoms with E-state index in [4.69, 9.17) is 27.7 Å². The average Bonchev–Trinajstić information content (AvgIpc) is 3.31. The molecule has 6 aromatic rings. The van der Waals surface area contributed by atoms with Crippen molar-refractivity contribution in [3.63, 3.8) is 0 Å². The lowest BCUT2D eigenvalue weighted by Crippen LogP contribution is -2.43. The zero-order valence-corrected chi connectivity index (χ0v) is 48.5. The largest absolute Gasteiger partial charge is 0.455 e. The van der Waals surface area contributed by atoms with Crippen LogP contribution in [0.3, 0.4) is 0 Å². The molecule has 0 fully saturated rings. The summed E-state index contributed by atoms with van der Waals surface area (Å²) in [6.07, 6.45) is -1.55. The molecule has 1 aliphatic heterocycles. The fourth-order valence-corrected chi connectivity index (χ4v) is 13.8. The van der Waals surface area contributed by atoms with Crippen molar-refractivity contribution in [2.75, 3.05) is 77.6 Å². The predicted octanol–water partition coefficient (Wildman–Crippen LogP) is 7.09. The predicted molar refractivity (Wildman–Crippen MR) is 321 cm³/mol. The van der Waals surface area contributed by atoms with E-state index in [0.717, 1.165) is 77.2 Å². The van der Waals surface area contributed by atoms with Crippen LogP contribution in [0.15, 0.2) is 121 Å². The molecular weight excluding hydrogens is 955 g/mol. The first-order valence-electron chi connectivity index (χ1n) is 25.4. The fraction of sp³-hybridized carbons (Fsp3) is 0.390. The Labute approximate surface area is 445 Å². The first-order valence-corrected chi connectivity index (χ1v) is 28.1. The van der Waals surface area contributed by atoms with Crippen molar-refractivity contribution in [2.24, 2.45) is 22.9 Å². The monoisotopic (exact) mass is 1040 g/mol. The lowest BCUT2D eigenvalue weighted by atomic mass is 9.72. The SMILES string of the molecule is CN(C)C(N)Nc1cccc(P(c2cccc(NC(N)N(C)C)c2)c2cc(C(C)(C)C)cc3c2Oc2c(P(c4cccc(NC(N)N(C)C)c4)c4cccc(NC(N)N(C)C)c4)cc(C(C)(C)C)cc2C3(C)C)c1. The molecule has 0 saturated heterocycles. The Morgan fingerprint density at radius 1 is 0.419 bits per heavy atom. The number of hydrogen-bond acceptors (Lipinski definition) is 13. The molecule has 13 nitrogen and oxygen atoms in total. The summed E-state index contributed by atoms with van der Waals surface area (Å²) in [4.78, 5) is 7.85. The van der Waals surface area contributed by atoms with E-state index >= 15 is 0 Å². The molecule has 4 unspecified atom stereocenters. The Kier molecular flexibility index (Phi) is 17.3. The summed E-state index contributed by atoms with van der Waals surface area (Å²) >= 11 is 0. The number of anilines is 4. The molecule has 1 aliphatic rings. The van der Waals surface area contributed by atoms with Crippen molar-refractivity contribution in [1.29, 1.82) is 0 Å². The molecule has 12 N–H and O–H groups in total. The molecule has 0 aromatic heterocycles. The molecule has 4 atom stereocenters. The van der Waals surface area contributed by atoms with Crippen molar-refractivity contribution >= 4 is 70.4 Å². The molecule has 0 saturated carbocycles. The zero-order chi connectivity index (χ0) is 54.2. The van der Waals surface area contributed by atoms with Crippen LogP contribution in [-0.4, -0.2) is 101 Å². The van der Waals surface area contributed by atoms with E-state index in [2.05, 4.69) is 198 Å². The molecule has 0 amide bonds. The summed E-state index contributed by atoms with van der Waals surface area (Å²) in [6, 6.07) is 44.5. The van der Waals surface area contributed by atoms with Crippen LogP contribution < -0.4 is 80.8 Å². The molecule has 7 rings (SSSR count). The van der Waals surface area contributed by atoms with Crippen LogP contribution in [0.2, 0.25) is 0 Å². The Hall–Kier alpha value is -5.14. The van der Waals surface area contributed by atoms with Gasteiger partial charge in [0.2, 0.25) is 0 Å². The molecule has 74 heavy (non-hydrogen) atoms. The van der Waals surface area contributed by atoms with E-state index in [9.17, 15) is 0 Å². The third-order valence-corrected chi connectivity index (χ3v) is 18.6. The lowest BCUT2D eigenvalue weighted by molar-refractivity contribution is 0.330. The number of rotatable bonds is 18. The van der Waals surface area contributed by atoms with Crippen molar-refractivity contribution in [3.05, 3.63) is 144 Å². The smallest absolute Gasteiger partial charge is 0.139 e. The minimum atomic E-state index is -1.30. The standard InChI is InChI=1S/C59H84N12OP2/c1-57(2,3)37-29-47-51(49(31-37)73(43-25-17-21-39(33-43)64-53(60)68(9)10)44-26-18-22-40(34-44)65-54(61)69(11)12)72-52-48(59(47,7)8)30-38(58(4,5)6)32-50(52)74(45-27-19-23-41(35-45)66-55(62)70(13)14)46-28-20-24-42(36-46)67-56(63)71(15)16/h17-36,53-56,64-67H,60-63H2,1-16H3. The number of hydrogen-bond donors (Lipinski definition) is 8. The first kappa shape index (κ1) is 56.6. The van der Waals surface area contributed by atoms with Gasteiger partial charge in [0.05, 0.1) is 0 Å². The van der Waals surface area contributed by atoms with Gasteiger partial charge >= 0.3 is 0 Å². The number of fused-ring (bicyclic) bond motifs is 2. The van der Waals surface area contributed by atoms with Gasteiger partial charge in [0, 0.05) is 49.9 Å². The Morgan fingerprint density at radius 2 is 0.676 bits per heavy atom. The highest BCUT2D eigenvalue weighted by Gasteiger charge is 2.42. The van der Waals surface area contributed by atoms with Gasteiger partial charge in [-0.2, -0.15) is 0 Å². The molecule has 0 bridgehead atoms. The molecule has 0 spiro atoms. The maximum Gasteiger partial charge on any atom is 0.139 e. The highest BCUT2D eigenvalue weighted by molar-refractivity contribution is 7.80. The molecule has 0 radical (unpaired) electrons. The van der Waals surface area contributed by atoms with Gasteiger partial charge in [0.1, 0.15) is 36.7 Å². The average molecular weight is 1040 g/mol. The van der Waals surface area contributed by atoms with Gasteiger partial charge in [-0.1, -0.05) is 116 Å². The Morgan fingerprint density at radius 3 is 0.905 bits per heavy atom. The van der Waals surface area contributed by atoms with E-state index in [0.29, 0.717) is 0 Å². The normalized spacial score (nSPS) is 15.9. The van der Waals surface area contributed by atoms with Crippen LogP contribution >= 0.6 is 15.8 Å². The van der Waals surface area contributed by atoms with Crippen LogP contribution in [-0.2, 0) is 16.2 Å². The van der Waals surface area contributed by atoms with E-state index in [1.54, 1.807) is 0 Å². The highest BCUT2D eigenvalue weighted by Crippen LogP contribution is 2.54. The third-order valence-electron chi connectivity index (χ3n) is 13.8. The van der Waals surface area contributed by atoms with Gasteiger partial charge in [-0.25, -0.2) is 0 Å².